The van der Waals surface area contributed by atoms with E-state index in [9.17, 15) is 9.59 Å². The molecule has 2 aromatic carbocycles. The van der Waals surface area contributed by atoms with Crippen LogP contribution in [0.4, 0.5) is 0 Å². The molecule has 0 aliphatic heterocycles. The molecule has 1 aromatic heterocycles. The molecule has 0 unspecified atom stereocenters. The summed E-state index contributed by atoms with van der Waals surface area (Å²) in [6, 6.07) is 14.9. The number of amides is 1. The van der Waals surface area contributed by atoms with Gasteiger partial charge in [0.15, 0.2) is 0 Å². The van der Waals surface area contributed by atoms with Gasteiger partial charge < -0.3 is 9.73 Å². The van der Waals surface area contributed by atoms with Crippen LogP contribution >= 0.6 is 0 Å². The Balaban J connectivity index is 1.85. The normalized spacial score (nSPS) is 10.6. The lowest BCUT2D eigenvalue weighted by Crippen LogP contribution is -2.23. The molecule has 3 rings (SSSR count). The van der Waals surface area contributed by atoms with Gasteiger partial charge >= 0.3 is 5.63 Å². The predicted molar refractivity (Wildman–Crippen MR) is 84.8 cm³/mol. The van der Waals surface area contributed by atoms with Crippen molar-refractivity contribution in [2.75, 3.05) is 0 Å². The van der Waals surface area contributed by atoms with Gasteiger partial charge in [-0.2, -0.15) is 0 Å². The van der Waals surface area contributed by atoms with E-state index in [2.05, 4.69) is 5.32 Å². The van der Waals surface area contributed by atoms with Crippen LogP contribution in [0.15, 0.2) is 64.0 Å². The Kier molecular flexibility index (Phi) is 3.74. The van der Waals surface area contributed by atoms with Crippen LogP contribution in [0.5, 0.6) is 0 Å². The largest absolute Gasteiger partial charge is 0.430 e. The molecule has 0 atom stereocenters. The van der Waals surface area contributed by atoms with Gasteiger partial charge in [-0.25, -0.2) is 4.79 Å². The van der Waals surface area contributed by atoms with E-state index in [4.69, 9.17) is 4.42 Å². The van der Waals surface area contributed by atoms with Gasteiger partial charge in [0, 0.05) is 11.9 Å². The molecule has 0 saturated carbocycles. The van der Waals surface area contributed by atoms with Crippen LogP contribution < -0.4 is 10.9 Å². The molecule has 0 radical (unpaired) electrons. The van der Waals surface area contributed by atoms with Gasteiger partial charge in [-0.05, 0) is 18.6 Å². The second-order valence-corrected chi connectivity index (χ2v) is 5.15. The van der Waals surface area contributed by atoms with Crippen molar-refractivity contribution < 1.29 is 9.21 Å². The average molecular weight is 293 g/mol. The van der Waals surface area contributed by atoms with Gasteiger partial charge in [-0.1, -0.05) is 48.0 Å². The SMILES string of the molecule is Cc1ccc(CNC(=O)c2coc(=O)c3ccccc23)cc1. The minimum absolute atomic E-state index is 0.263. The zero-order valence-corrected chi connectivity index (χ0v) is 12.1. The summed E-state index contributed by atoms with van der Waals surface area (Å²) in [4.78, 5) is 24.0. The van der Waals surface area contributed by atoms with Crippen molar-refractivity contribution in [1.82, 2.24) is 5.32 Å². The summed E-state index contributed by atoms with van der Waals surface area (Å²) in [6.45, 7) is 2.44. The lowest BCUT2D eigenvalue weighted by atomic mass is 10.1. The van der Waals surface area contributed by atoms with Gasteiger partial charge in [0.1, 0.15) is 6.26 Å². The van der Waals surface area contributed by atoms with Crippen LogP contribution in [0.1, 0.15) is 21.5 Å². The standard InChI is InChI=1S/C18H15NO3/c1-12-6-8-13(9-7-12)10-19-17(20)16-11-22-18(21)15-5-3-2-4-14(15)16/h2-9,11H,10H2,1H3,(H,19,20). The van der Waals surface area contributed by atoms with Crippen molar-refractivity contribution in [1.29, 1.82) is 0 Å². The molecule has 0 saturated heterocycles. The minimum Gasteiger partial charge on any atom is -0.430 e. The quantitative estimate of drug-likeness (QED) is 0.807. The number of fused-ring (bicyclic) bond motifs is 1. The van der Waals surface area contributed by atoms with E-state index in [1.807, 2.05) is 31.2 Å². The Morgan fingerprint density at radius 2 is 1.73 bits per heavy atom. The van der Waals surface area contributed by atoms with E-state index >= 15 is 0 Å². The molecular weight excluding hydrogens is 278 g/mol. The van der Waals surface area contributed by atoms with Crippen molar-refractivity contribution >= 4 is 16.7 Å². The Morgan fingerprint density at radius 3 is 2.45 bits per heavy atom. The maximum atomic E-state index is 12.3. The minimum atomic E-state index is -0.439. The Morgan fingerprint density at radius 1 is 1.05 bits per heavy atom. The van der Waals surface area contributed by atoms with Crippen molar-refractivity contribution in [3.05, 3.63) is 81.9 Å². The first-order valence-electron chi connectivity index (χ1n) is 6.99. The van der Waals surface area contributed by atoms with Crippen LogP contribution in [0.25, 0.3) is 10.8 Å². The molecular formula is C18H15NO3. The average Bonchev–Trinajstić information content (AvgIpc) is 2.55. The maximum absolute atomic E-state index is 12.3. The number of rotatable bonds is 3. The topological polar surface area (TPSA) is 59.3 Å². The van der Waals surface area contributed by atoms with Crippen LogP contribution in [0, 0.1) is 6.92 Å². The van der Waals surface area contributed by atoms with Crippen LogP contribution in [0.3, 0.4) is 0 Å². The van der Waals surface area contributed by atoms with Crippen LogP contribution in [-0.2, 0) is 6.54 Å². The number of carbonyl (C=O) groups excluding carboxylic acids is 1. The third-order valence-electron chi connectivity index (χ3n) is 3.54. The molecule has 0 fully saturated rings. The van der Waals surface area contributed by atoms with Gasteiger partial charge in [-0.15, -0.1) is 0 Å². The zero-order chi connectivity index (χ0) is 15.5. The van der Waals surface area contributed by atoms with Crippen LogP contribution in [0.2, 0.25) is 0 Å². The molecule has 0 bridgehead atoms. The maximum Gasteiger partial charge on any atom is 0.343 e. The van der Waals surface area contributed by atoms with Gasteiger partial charge in [0.25, 0.3) is 5.91 Å². The van der Waals surface area contributed by atoms with Gasteiger partial charge in [-0.3, -0.25) is 4.79 Å². The molecule has 0 aliphatic carbocycles. The summed E-state index contributed by atoms with van der Waals surface area (Å²) in [6.07, 6.45) is 1.22. The Hall–Kier alpha value is -2.88. The molecule has 22 heavy (non-hydrogen) atoms. The highest BCUT2D eigenvalue weighted by molar-refractivity contribution is 6.06. The summed E-state index contributed by atoms with van der Waals surface area (Å²) in [5, 5.41) is 3.85. The second kappa shape index (κ2) is 5.85. The lowest BCUT2D eigenvalue weighted by Gasteiger charge is -2.07. The lowest BCUT2D eigenvalue weighted by molar-refractivity contribution is 0.0950. The third-order valence-corrected chi connectivity index (χ3v) is 3.54. The fourth-order valence-corrected chi connectivity index (χ4v) is 2.29. The van der Waals surface area contributed by atoms with E-state index in [0.29, 0.717) is 22.9 Å². The first-order valence-corrected chi connectivity index (χ1v) is 6.99. The molecule has 0 spiro atoms. The number of hydrogen-bond donors (Lipinski definition) is 1. The highest BCUT2D eigenvalue weighted by Gasteiger charge is 2.12. The summed E-state index contributed by atoms with van der Waals surface area (Å²) >= 11 is 0. The van der Waals surface area contributed by atoms with Gasteiger partial charge in [0.2, 0.25) is 0 Å². The molecule has 4 nitrogen and oxygen atoms in total. The number of hydrogen-bond acceptors (Lipinski definition) is 3. The summed E-state index contributed by atoms with van der Waals surface area (Å²) in [5.74, 6) is -0.263. The van der Waals surface area contributed by atoms with Crippen molar-refractivity contribution in [2.45, 2.75) is 13.5 Å². The van der Waals surface area contributed by atoms with E-state index in [-0.39, 0.29) is 5.91 Å². The van der Waals surface area contributed by atoms with Gasteiger partial charge in [0.05, 0.1) is 10.9 Å². The summed E-state index contributed by atoms with van der Waals surface area (Å²) in [5.41, 5.74) is 2.11. The monoisotopic (exact) mass is 293 g/mol. The fourth-order valence-electron chi connectivity index (χ4n) is 2.29. The number of benzene rings is 2. The predicted octanol–water partition coefficient (Wildman–Crippen LogP) is 3.03. The van der Waals surface area contributed by atoms with Crippen LogP contribution in [-0.4, -0.2) is 5.91 Å². The van der Waals surface area contributed by atoms with E-state index in [1.54, 1.807) is 24.3 Å². The molecule has 3 aromatic rings. The Bertz CT molecular complexity index is 879. The summed E-state index contributed by atoms with van der Waals surface area (Å²) in [7, 11) is 0. The molecule has 0 aliphatic rings. The highest BCUT2D eigenvalue weighted by Crippen LogP contribution is 2.15. The molecule has 1 amide bonds. The smallest absolute Gasteiger partial charge is 0.343 e. The first kappa shape index (κ1) is 14.1. The highest BCUT2D eigenvalue weighted by atomic mass is 16.4. The molecule has 1 N–H and O–H groups in total. The second-order valence-electron chi connectivity index (χ2n) is 5.15. The molecule has 110 valence electrons. The third kappa shape index (κ3) is 2.76. The zero-order valence-electron chi connectivity index (χ0n) is 12.1. The molecule has 1 heterocycles. The number of aryl methyl sites for hydroxylation is 1. The van der Waals surface area contributed by atoms with Crippen molar-refractivity contribution in [3.8, 4) is 0 Å². The number of carbonyl (C=O) groups is 1. The van der Waals surface area contributed by atoms with Crippen molar-refractivity contribution in [2.24, 2.45) is 0 Å². The first-order chi connectivity index (χ1) is 10.6. The number of nitrogens with one attached hydrogen (secondary N) is 1. The van der Waals surface area contributed by atoms with E-state index < -0.39 is 5.63 Å². The summed E-state index contributed by atoms with van der Waals surface area (Å²) < 4.78 is 4.94. The Labute approximate surface area is 127 Å². The van der Waals surface area contributed by atoms with Crippen molar-refractivity contribution in [3.63, 3.8) is 0 Å². The fraction of sp³-hybridized carbons (Fsp3) is 0.111. The van der Waals surface area contributed by atoms with E-state index in [1.165, 1.54) is 11.8 Å². The molecule has 4 heteroatoms. The van der Waals surface area contributed by atoms with E-state index in [0.717, 1.165) is 5.56 Å².